The lowest BCUT2D eigenvalue weighted by atomic mass is 10.1. The molecule has 0 bridgehead atoms. The summed E-state index contributed by atoms with van der Waals surface area (Å²) < 4.78 is 4.45. The van der Waals surface area contributed by atoms with Crippen molar-refractivity contribution < 1.29 is 19.2 Å². The molecular formula is C11H14N4O5. The second-order valence-electron chi connectivity index (χ2n) is 3.66. The number of carbonyl (C=O) groups excluding carboxylic acids is 2. The van der Waals surface area contributed by atoms with Crippen LogP contribution in [0.5, 0.6) is 0 Å². The highest BCUT2D eigenvalue weighted by Crippen LogP contribution is 2.24. The molecule has 4 N–H and O–H groups in total. The second kappa shape index (κ2) is 6.92. The van der Waals surface area contributed by atoms with Crippen LogP contribution in [0.25, 0.3) is 0 Å². The number of primary amides is 1. The Balaban J connectivity index is 2.69. The minimum Gasteiger partial charge on any atom is -0.448 e. The van der Waals surface area contributed by atoms with Crippen molar-refractivity contribution in [2.75, 3.05) is 25.5 Å². The van der Waals surface area contributed by atoms with Crippen LogP contribution in [0, 0.1) is 10.1 Å². The maximum absolute atomic E-state index is 11.8. The van der Waals surface area contributed by atoms with E-state index in [0.29, 0.717) is 0 Å². The molecule has 108 valence electrons. The third-order valence-corrected chi connectivity index (χ3v) is 2.36. The fourth-order valence-corrected chi connectivity index (χ4v) is 1.45. The number of nitrogens with zero attached hydrogens (tertiary/aromatic N) is 1. The lowest BCUT2D eigenvalue weighted by molar-refractivity contribution is -0.383. The number of benzene rings is 1. The van der Waals surface area contributed by atoms with E-state index < -0.39 is 16.9 Å². The number of nitro groups is 1. The smallest absolute Gasteiger partial charge is 0.404 e. The number of carbonyl (C=O) groups is 2. The van der Waals surface area contributed by atoms with Gasteiger partial charge in [0, 0.05) is 18.7 Å². The first-order chi connectivity index (χ1) is 9.45. The number of hydrogen-bond donors (Lipinski definition) is 3. The average molecular weight is 282 g/mol. The fraction of sp³-hybridized carbons (Fsp3) is 0.273. The number of amides is 2. The third kappa shape index (κ3) is 4.12. The molecule has 0 aliphatic rings. The van der Waals surface area contributed by atoms with E-state index in [4.69, 9.17) is 5.73 Å². The van der Waals surface area contributed by atoms with Crippen LogP contribution < -0.4 is 16.4 Å². The van der Waals surface area contributed by atoms with Crippen LogP contribution in [0.3, 0.4) is 0 Å². The van der Waals surface area contributed by atoms with Crippen LogP contribution in [0.1, 0.15) is 10.4 Å². The third-order valence-electron chi connectivity index (χ3n) is 2.36. The van der Waals surface area contributed by atoms with Crippen molar-refractivity contribution in [3.63, 3.8) is 0 Å². The van der Waals surface area contributed by atoms with Gasteiger partial charge in [-0.05, 0) is 12.1 Å². The Morgan fingerprint density at radius 3 is 2.70 bits per heavy atom. The van der Waals surface area contributed by atoms with E-state index in [0.717, 1.165) is 0 Å². The van der Waals surface area contributed by atoms with Crippen molar-refractivity contribution in [3.8, 4) is 0 Å². The van der Waals surface area contributed by atoms with Gasteiger partial charge in [0.2, 0.25) is 0 Å². The largest absolute Gasteiger partial charge is 0.448 e. The lowest BCUT2D eigenvalue weighted by Gasteiger charge is -2.07. The average Bonchev–Trinajstić information content (AvgIpc) is 2.42. The molecule has 0 radical (unpaired) electrons. The normalized spacial score (nSPS) is 9.65. The van der Waals surface area contributed by atoms with Crippen LogP contribution in [-0.2, 0) is 4.74 Å². The molecule has 0 heterocycles. The predicted molar refractivity (Wildman–Crippen MR) is 70.5 cm³/mol. The summed E-state index contributed by atoms with van der Waals surface area (Å²) in [6.45, 7) is 0.0422. The van der Waals surface area contributed by atoms with Gasteiger partial charge >= 0.3 is 6.09 Å². The van der Waals surface area contributed by atoms with Crippen molar-refractivity contribution in [1.82, 2.24) is 5.32 Å². The standard InChI is InChI=1S/C11H14N4O5/c1-13-8-6-7(2-3-9(8)15(18)19)10(16)14-4-5-20-11(12)17/h2-3,6,13H,4-5H2,1H3,(H2,12,17)(H,14,16). The van der Waals surface area contributed by atoms with Gasteiger partial charge in [0.1, 0.15) is 12.3 Å². The summed E-state index contributed by atoms with van der Waals surface area (Å²) in [6, 6.07) is 3.94. The van der Waals surface area contributed by atoms with Crippen LogP contribution in [0.4, 0.5) is 16.2 Å². The molecule has 1 aromatic carbocycles. The zero-order chi connectivity index (χ0) is 15.1. The fourth-order valence-electron chi connectivity index (χ4n) is 1.45. The molecule has 1 aromatic rings. The number of rotatable bonds is 6. The zero-order valence-corrected chi connectivity index (χ0v) is 10.7. The quantitative estimate of drug-likeness (QED) is 0.394. The number of anilines is 1. The van der Waals surface area contributed by atoms with Gasteiger partial charge in [0.25, 0.3) is 11.6 Å². The van der Waals surface area contributed by atoms with Crippen LogP contribution in [0.2, 0.25) is 0 Å². The summed E-state index contributed by atoms with van der Waals surface area (Å²) in [5.74, 6) is -0.440. The van der Waals surface area contributed by atoms with Crippen LogP contribution >= 0.6 is 0 Å². The van der Waals surface area contributed by atoms with E-state index in [-0.39, 0.29) is 30.1 Å². The first-order valence-corrected chi connectivity index (χ1v) is 5.62. The molecule has 0 aliphatic carbocycles. The van der Waals surface area contributed by atoms with Gasteiger partial charge in [0.15, 0.2) is 0 Å². The van der Waals surface area contributed by atoms with Gasteiger partial charge in [-0.15, -0.1) is 0 Å². The zero-order valence-electron chi connectivity index (χ0n) is 10.7. The number of nitro benzene ring substituents is 1. The molecule has 0 atom stereocenters. The summed E-state index contributed by atoms with van der Waals surface area (Å²) in [5.41, 5.74) is 5.11. The second-order valence-corrected chi connectivity index (χ2v) is 3.66. The highest BCUT2D eigenvalue weighted by Gasteiger charge is 2.15. The molecule has 9 nitrogen and oxygen atoms in total. The Hall–Kier alpha value is -2.84. The summed E-state index contributed by atoms with van der Waals surface area (Å²) in [4.78, 5) is 32.3. The first kappa shape index (κ1) is 15.2. The van der Waals surface area contributed by atoms with E-state index >= 15 is 0 Å². The molecule has 2 amide bonds. The monoisotopic (exact) mass is 282 g/mol. The van der Waals surface area contributed by atoms with E-state index in [1.54, 1.807) is 0 Å². The maximum Gasteiger partial charge on any atom is 0.404 e. The maximum atomic E-state index is 11.8. The van der Waals surface area contributed by atoms with E-state index in [1.165, 1.54) is 25.2 Å². The lowest BCUT2D eigenvalue weighted by Crippen LogP contribution is -2.29. The first-order valence-electron chi connectivity index (χ1n) is 5.62. The minimum absolute atomic E-state index is 0.0487. The Bertz CT molecular complexity index is 532. The van der Waals surface area contributed by atoms with Gasteiger partial charge < -0.3 is 21.1 Å². The molecule has 1 rings (SSSR count). The van der Waals surface area contributed by atoms with E-state index in [1.807, 2.05) is 0 Å². The van der Waals surface area contributed by atoms with Gasteiger partial charge in [-0.25, -0.2) is 4.79 Å². The predicted octanol–water partition coefficient (Wildman–Crippen LogP) is 0.462. The molecule has 0 aromatic heterocycles. The van der Waals surface area contributed by atoms with Gasteiger partial charge in [-0.2, -0.15) is 0 Å². The van der Waals surface area contributed by atoms with Gasteiger partial charge in [0.05, 0.1) is 11.5 Å². The topological polar surface area (TPSA) is 137 Å². The number of nitrogens with two attached hydrogens (primary N) is 1. The van der Waals surface area contributed by atoms with Gasteiger partial charge in [-0.3, -0.25) is 14.9 Å². The van der Waals surface area contributed by atoms with Crippen molar-refractivity contribution in [3.05, 3.63) is 33.9 Å². The highest BCUT2D eigenvalue weighted by molar-refractivity contribution is 5.95. The van der Waals surface area contributed by atoms with Gasteiger partial charge in [-0.1, -0.05) is 0 Å². The van der Waals surface area contributed by atoms with Crippen LogP contribution in [0.15, 0.2) is 18.2 Å². The molecule has 0 saturated carbocycles. The highest BCUT2D eigenvalue weighted by atomic mass is 16.6. The number of ether oxygens (including phenoxy) is 1. The van der Waals surface area contributed by atoms with Crippen LogP contribution in [-0.4, -0.2) is 37.1 Å². The van der Waals surface area contributed by atoms with E-state index in [9.17, 15) is 19.7 Å². The van der Waals surface area contributed by atoms with Crippen molar-refractivity contribution in [2.45, 2.75) is 0 Å². The number of hydrogen-bond acceptors (Lipinski definition) is 6. The SMILES string of the molecule is CNc1cc(C(=O)NCCOC(N)=O)ccc1[N+](=O)[O-]. The molecular weight excluding hydrogens is 268 g/mol. The van der Waals surface area contributed by atoms with E-state index in [2.05, 4.69) is 15.4 Å². The Morgan fingerprint density at radius 1 is 1.45 bits per heavy atom. The molecule has 0 aliphatic heterocycles. The summed E-state index contributed by atoms with van der Waals surface area (Å²) in [6.07, 6.45) is -0.924. The molecule has 0 unspecified atom stereocenters. The molecule has 0 fully saturated rings. The number of nitrogens with one attached hydrogen (secondary N) is 2. The summed E-state index contributed by atoms with van der Waals surface area (Å²) >= 11 is 0. The van der Waals surface area contributed by atoms with Crippen molar-refractivity contribution in [1.29, 1.82) is 0 Å². The van der Waals surface area contributed by atoms with Crippen molar-refractivity contribution >= 4 is 23.4 Å². The minimum atomic E-state index is -0.924. The molecule has 0 saturated heterocycles. The summed E-state index contributed by atoms with van der Waals surface area (Å²) in [5, 5.41) is 15.9. The van der Waals surface area contributed by atoms with Crippen molar-refractivity contribution in [2.24, 2.45) is 5.73 Å². The molecule has 0 spiro atoms. The summed E-state index contributed by atoms with van der Waals surface area (Å²) in [7, 11) is 1.52. The Labute approximate surface area is 114 Å². The Kier molecular flexibility index (Phi) is 5.27. The Morgan fingerprint density at radius 2 is 2.15 bits per heavy atom. The molecule has 20 heavy (non-hydrogen) atoms. The molecule has 9 heteroatoms.